The van der Waals surface area contributed by atoms with Crippen LogP contribution in [0, 0.1) is 5.92 Å². The average Bonchev–Trinajstić information content (AvgIpc) is 2.18. The Hall–Kier alpha value is -0.630. The molecule has 1 aliphatic carbocycles. The molecule has 1 aliphatic rings. The topological polar surface area (TPSA) is 37.3 Å². The van der Waals surface area contributed by atoms with Crippen LogP contribution in [0.25, 0.3) is 0 Å². The van der Waals surface area contributed by atoms with Gasteiger partial charge in [-0.05, 0) is 39.0 Å². The van der Waals surface area contributed by atoms with E-state index >= 15 is 0 Å². The molecule has 0 bridgehead atoms. The lowest BCUT2D eigenvalue weighted by molar-refractivity contribution is -0.111. The summed E-state index contributed by atoms with van der Waals surface area (Å²) in [6.07, 6.45) is 8.62. The van der Waals surface area contributed by atoms with Crippen molar-refractivity contribution in [1.82, 2.24) is 0 Å². The van der Waals surface area contributed by atoms with E-state index < -0.39 is 5.60 Å². The predicted molar refractivity (Wildman–Crippen MR) is 61.6 cm³/mol. The van der Waals surface area contributed by atoms with Gasteiger partial charge in [-0.2, -0.15) is 0 Å². The highest BCUT2D eigenvalue weighted by Crippen LogP contribution is 2.29. The first-order valence-corrected chi connectivity index (χ1v) is 5.93. The maximum absolute atomic E-state index is 10.6. The summed E-state index contributed by atoms with van der Waals surface area (Å²) in [5.41, 5.74) is 0.765. The SMILES string of the molecule is CCCC(C)(O)CC1=CCC(C=O)CC1. The first kappa shape index (κ1) is 12.4. The third kappa shape index (κ3) is 4.17. The van der Waals surface area contributed by atoms with Crippen LogP contribution in [0.15, 0.2) is 11.6 Å². The number of allylic oxidation sites excluding steroid dienone is 1. The van der Waals surface area contributed by atoms with Gasteiger partial charge < -0.3 is 9.90 Å². The van der Waals surface area contributed by atoms with Crippen LogP contribution in [0.4, 0.5) is 0 Å². The molecule has 1 rings (SSSR count). The molecule has 0 saturated carbocycles. The summed E-state index contributed by atoms with van der Waals surface area (Å²) in [5, 5.41) is 10.1. The summed E-state index contributed by atoms with van der Waals surface area (Å²) in [6.45, 7) is 4.00. The third-order valence-corrected chi connectivity index (χ3v) is 3.13. The van der Waals surface area contributed by atoms with Crippen LogP contribution in [0.1, 0.15) is 52.4 Å². The Morgan fingerprint density at radius 2 is 2.40 bits per heavy atom. The third-order valence-electron chi connectivity index (χ3n) is 3.13. The molecule has 0 radical (unpaired) electrons. The molecule has 2 atom stereocenters. The van der Waals surface area contributed by atoms with Crippen molar-refractivity contribution in [2.45, 2.75) is 58.0 Å². The molecular weight excluding hydrogens is 188 g/mol. The summed E-state index contributed by atoms with van der Waals surface area (Å²) in [6, 6.07) is 0. The summed E-state index contributed by atoms with van der Waals surface area (Å²) >= 11 is 0. The molecular formula is C13H22O2. The molecule has 15 heavy (non-hydrogen) atoms. The minimum atomic E-state index is -0.561. The molecule has 1 N–H and O–H groups in total. The Bertz CT molecular complexity index is 241. The van der Waals surface area contributed by atoms with E-state index in [0.717, 1.165) is 44.8 Å². The Labute approximate surface area is 92.4 Å². The maximum atomic E-state index is 10.6. The predicted octanol–water partition coefficient (Wildman–Crippen LogP) is 2.85. The van der Waals surface area contributed by atoms with Gasteiger partial charge in [-0.25, -0.2) is 0 Å². The van der Waals surface area contributed by atoms with Gasteiger partial charge in [-0.3, -0.25) is 0 Å². The zero-order valence-electron chi connectivity index (χ0n) is 9.83. The van der Waals surface area contributed by atoms with Gasteiger partial charge in [0.2, 0.25) is 0 Å². The monoisotopic (exact) mass is 210 g/mol. The van der Waals surface area contributed by atoms with E-state index in [1.165, 1.54) is 5.57 Å². The van der Waals surface area contributed by atoms with Gasteiger partial charge in [-0.1, -0.05) is 25.0 Å². The highest BCUT2D eigenvalue weighted by Gasteiger charge is 2.23. The van der Waals surface area contributed by atoms with Gasteiger partial charge in [0, 0.05) is 5.92 Å². The fourth-order valence-electron chi connectivity index (χ4n) is 2.31. The fourth-order valence-corrected chi connectivity index (χ4v) is 2.31. The smallest absolute Gasteiger partial charge is 0.123 e. The molecule has 0 spiro atoms. The Morgan fingerprint density at radius 1 is 1.67 bits per heavy atom. The molecule has 2 nitrogen and oxygen atoms in total. The van der Waals surface area contributed by atoms with Crippen molar-refractivity contribution in [3.05, 3.63) is 11.6 Å². The van der Waals surface area contributed by atoms with Gasteiger partial charge in [-0.15, -0.1) is 0 Å². The molecule has 0 amide bonds. The molecule has 0 aromatic carbocycles. The highest BCUT2D eigenvalue weighted by atomic mass is 16.3. The summed E-state index contributed by atoms with van der Waals surface area (Å²) in [7, 11) is 0. The molecule has 86 valence electrons. The van der Waals surface area contributed by atoms with Crippen molar-refractivity contribution >= 4 is 6.29 Å². The van der Waals surface area contributed by atoms with Crippen LogP contribution in [-0.2, 0) is 4.79 Å². The van der Waals surface area contributed by atoms with E-state index in [4.69, 9.17) is 0 Å². The Morgan fingerprint density at radius 3 is 2.87 bits per heavy atom. The van der Waals surface area contributed by atoms with E-state index in [-0.39, 0.29) is 5.92 Å². The maximum Gasteiger partial charge on any atom is 0.123 e. The number of carbonyl (C=O) groups excluding carboxylic acids is 1. The lowest BCUT2D eigenvalue weighted by Gasteiger charge is -2.26. The van der Waals surface area contributed by atoms with Crippen LogP contribution in [0.3, 0.4) is 0 Å². The van der Waals surface area contributed by atoms with Crippen molar-refractivity contribution in [2.24, 2.45) is 5.92 Å². The van der Waals surface area contributed by atoms with E-state index in [2.05, 4.69) is 13.0 Å². The minimum absolute atomic E-state index is 0.213. The Kier molecular flexibility index (Phi) is 4.52. The van der Waals surface area contributed by atoms with E-state index in [0.29, 0.717) is 0 Å². The number of aldehydes is 1. The van der Waals surface area contributed by atoms with Crippen molar-refractivity contribution in [3.8, 4) is 0 Å². The lowest BCUT2D eigenvalue weighted by atomic mass is 9.84. The highest BCUT2D eigenvalue weighted by molar-refractivity contribution is 5.54. The van der Waals surface area contributed by atoms with Crippen LogP contribution >= 0.6 is 0 Å². The molecule has 0 saturated heterocycles. The second-order valence-corrected chi connectivity index (χ2v) is 4.96. The molecule has 0 heterocycles. The molecule has 2 heteroatoms. The number of hydrogen-bond donors (Lipinski definition) is 1. The first-order valence-electron chi connectivity index (χ1n) is 5.93. The van der Waals surface area contributed by atoms with E-state index in [1.807, 2.05) is 6.92 Å². The molecule has 0 aromatic heterocycles. The first-order chi connectivity index (χ1) is 7.07. The summed E-state index contributed by atoms with van der Waals surface area (Å²) < 4.78 is 0. The fraction of sp³-hybridized carbons (Fsp3) is 0.769. The zero-order chi connectivity index (χ0) is 11.3. The summed E-state index contributed by atoms with van der Waals surface area (Å²) in [4.78, 5) is 10.6. The van der Waals surface area contributed by atoms with Crippen LogP contribution in [0.5, 0.6) is 0 Å². The normalized spacial score (nSPS) is 25.5. The zero-order valence-corrected chi connectivity index (χ0v) is 9.83. The van der Waals surface area contributed by atoms with Gasteiger partial charge in [0.1, 0.15) is 6.29 Å². The molecule has 0 aliphatic heterocycles. The number of carbonyl (C=O) groups is 1. The van der Waals surface area contributed by atoms with E-state index in [9.17, 15) is 9.90 Å². The van der Waals surface area contributed by atoms with Gasteiger partial charge >= 0.3 is 0 Å². The lowest BCUT2D eigenvalue weighted by Crippen LogP contribution is -2.25. The number of hydrogen-bond acceptors (Lipinski definition) is 2. The second-order valence-electron chi connectivity index (χ2n) is 4.96. The number of aliphatic hydroxyl groups is 1. The quantitative estimate of drug-likeness (QED) is 0.559. The molecule has 0 aromatic rings. The minimum Gasteiger partial charge on any atom is -0.390 e. The van der Waals surface area contributed by atoms with Crippen molar-refractivity contribution in [2.75, 3.05) is 0 Å². The number of rotatable bonds is 5. The van der Waals surface area contributed by atoms with Crippen LogP contribution in [0.2, 0.25) is 0 Å². The standard InChI is InChI=1S/C13H22O2/c1-3-8-13(2,15)9-11-4-6-12(10-14)7-5-11/h4,10,12,15H,3,5-9H2,1-2H3. The van der Waals surface area contributed by atoms with Gasteiger partial charge in [0.25, 0.3) is 0 Å². The average molecular weight is 210 g/mol. The Balaban J connectivity index is 2.46. The van der Waals surface area contributed by atoms with Crippen LogP contribution in [-0.4, -0.2) is 17.0 Å². The second kappa shape index (κ2) is 5.45. The van der Waals surface area contributed by atoms with Crippen molar-refractivity contribution in [1.29, 1.82) is 0 Å². The largest absolute Gasteiger partial charge is 0.390 e. The van der Waals surface area contributed by atoms with E-state index in [1.54, 1.807) is 0 Å². The van der Waals surface area contributed by atoms with Crippen molar-refractivity contribution in [3.63, 3.8) is 0 Å². The molecule has 2 unspecified atom stereocenters. The van der Waals surface area contributed by atoms with Gasteiger partial charge in [0.05, 0.1) is 5.60 Å². The van der Waals surface area contributed by atoms with Crippen LogP contribution < -0.4 is 0 Å². The van der Waals surface area contributed by atoms with Crippen molar-refractivity contribution < 1.29 is 9.90 Å². The van der Waals surface area contributed by atoms with Gasteiger partial charge in [0.15, 0.2) is 0 Å². The molecule has 0 fully saturated rings. The summed E-state index contributed by atoms with van der Waals surface area (Å²) in [5.74, 6) is 0.213.